The summed E-state index contributed by atoms with van der Waals surface area (Å²) < 4.78 is 6.70. The molecule has 10 aromatic rings. The van der Waals surface area contributed by atoms with Crippen LogP contribution >= 0.6 is 0 Å². The van der Waals surface area contributed by atoms with Crippen molar-refractivity contribution >= 4 is 60.9 Å². The van der Waals surface area contributed by atoms with Crippen molar-refractivity contribution in [2.24, 2.45) is 0 Å². The van der Waals surface area contributed by atoms with Crippen LogP contribution in [-0.2, 0) is 0 Å². The monoisotopic (exact) mass is 665 g/mol. The van der Waals surface area contributed by atoms with E-state index >= 15 is 0 Å². The number of aromatic nitrogens is 2. The Morgan fingerprint density at radius 1 is 0.404 bits per heavy atom. The Labute approximate surface area is 300 Å². The van der Waals surface area contributed by atoms with E-state index in [-0.39, 0.29) is 0 Å². The molecule has 2 heterocycles. The quantitative estimate of drug-likeness (QED) is 0.177. The molecule has 0 N–H and O–H groups in total. The van der Waals surface area contributed by atoms with Gasteiger partial charge in [0.25, 0.3) is 0 Å². The molecule has 0 unspecified atom stereocenters. The smallest absolute Gasteiger partial charge is 0.235 e. The molecule has 10 rings (SSSR count). The van der Waals surface area contributed by atoms with Gasteiger partial charge >= 0.3 is 0 Å². The second-order valence-corrected chi connectivity index (χ2v) is 13.0. The van der Waals surface area contributed by atoms with E-state index in [0.29, 0.717) is 5.95 Å². The van der Waals surface area contributed by atoms with Crippen LogP contribution < -0.4 is 4.90 Å². The van der Waals surface area contributed by atoms with Crippen LogP contribution in [0.2, 0.25) is 0 Å². The molecule has 0 saturated heterocycles. The lowest BCUT2D eigenvalue weighted by Crippen LogP contribution is -2.14. The van der Waals surface area contributed by atoms with Gasteiger partial charge in [0.05, 0.1) is 11.2 Å². The predicted octanol–water partition coefficient (Wildman–Crippen LogP) is 13.2. The molecule has 4 heteroatoms. The minimum atomic E-state index is 0.594. The molecule has 0 aliphatic rings. The second kappa shape index (κ2) is 12.4. The first-order chi connectivity index (χ1) is 25.8. The highest BCUT2D eigenvalue weighted by Gasteiger charge is 2.21. The van der Waals surface area contributed by atoms with Crippen molar-refractivity contribution in [1.29, 1.82) is 0 Å². The van der Waals surface area contributed by atoms with Crippen LogP contribution in [0.5, 0.6) is 0 Å². The third-order valence-electron chi connectivity index (χ3n) is 9.84. The van der Waals surface area contributed by atoms with E-state index in [1.54, 1.807) is 0 Å². The van der Waals surface area contributed by atoms with Gasteiger partial charge in [-0.2, -0.15) is 0 Å². The van der Waals surface area contributed by atoms with Crippen molar-refractivity contribution in [1.82, 2.24) is 9.97 Å². The van der Waals surface area contributed by atoms with E-state index < -0.39 is 0 Å². The van der Waals surface area contributed by atoms with E-state index in [9.17, 15) is 0 Å². The van der Waals surface area contributed by atoms with E-state index in [4.69, 9.17) is 14.4 Å². The van der Waals surface area contributed by atoms with E-state index in [1.807, 2.05) is 24.3 Å². The number of anilines is 3. The molecule has 0 bridgehead atoms. The zero-order valence-corrected chi connectivity index (χ0v) is 28.1. The summed E-state index contributed by atoms with van der Waals surface area (Å²) in [5, 5.41) is 5.44. The number of furan rings is 1. The molecule has 0 spiro atoms. The fraction of sp³-hybridized carbons (Fsp3) is 0. The number of fused-ring (bicyclic) bond motifs is 5. The Morgan fingerprint density at radius 2 is 1.00 bits per heavy atom. The lowest BCUT2D eigenvalue weighted by Gasteiger charge is -2.24. The van der Waals surface area contributed by atoms with E-state index in [0.717, 1.165) is 77.6 Å². The van der Waals surface area contributed by atoms with Crippen LogP contribution in [0.25, 0.3) is 77.1 Å². The molecule has 2 aromatic heterocycles. The molecule has 0 radical (unpaired) electrons. The van der Waals surface area contributed by atoms with Gasteiger partial charge in [-0.15, -0.1) is 0 Å². The minimum Gasteiger partial charge on any atom is -0.455 e. The van der Waals surface area contributed by atoms with Crippen LogP contribution in [0.3, 0.4) is 0 Å². The summed E-state index contributed by atoms with van der Waals surface area (Å²) in [5.74, 6) is 0.594. The average Bonchev–Trinajstić information content (AvgIpc) is 3.58. The molecule has 244 valence electrons. The number of para-hydroxylation sites is 2. The topological polar surface area (TPSA) is 42.2 Å². The third kappa shape index (κ3) is 5.17. The Balaban J connectivity index is 1.22. The lowest BCUT2D eigenvalue weighted by molar-refractivity contribution is 0.670. The van der Waals surface area contributed by atoms with Crippen molar-refractivity contribution in [3.8, 4) is 33.5 Å². The highest BCUT2D eigenvalue weighted by molar-refractivity contribution is 6.15. The molecule has 0 amide bonds. The first-order valence-corrected chi connectivity index (χ1v) is 17.5. The number of hydrogen-bond donors (Lipinski definition) is 0. The zero-order chi connectivity index (χ0) is 34.4. The molecule has 0 saturated carbocycles. The molecular formula is C48H31N3O. The van der Waals surface area contributed by atoms with Crippen molar-refractivity contribution < 1.29 is 4.42 Å². The summed E-state index contributed by atoms with van der Waals surface area (Å²) in [7, 11) is 0. The van der Waals surface area contributed by atoms with Crippen molar-refractivity contribution in [3.63, 3.8) is 0 Å². The van der Waals surface area contributed by atoms with E-state index in [1.165, 1.54) is 10.9 Å². The van der Waals surface area contributed by atoms with Gasteiger partial charge < -0.3 is 4.42 Å². The summed E-state index contributed by atoms with van der Waals surface area (Å²) in [6, 6.07) is 65.5. The van der Waals surface area contributed by atoms with Crippen LogP contribution in [-0.4, -0.2) is 9.97 Å². The standard InChI is InChI=1S/C48H31N3O/c1-4-14-32(15-5-1)33-24-26-39(27-25-33)51(38-20-8-3-9-21-38)48-49-44-23-13-12-22-40(44)46(50-48)37-29-41(34-16-6-2-7-17-34)47-43(30-37)42-28-35-18-10-11-19-36(35)31-45(42)52-47/h1-31H. The molecule has 0 aliphatic carbocycles. The van der Waals surface area contributed by atoms with Crippen LogP contribution in [0.4, 0.5) is 17.3 Å². The Kier molecular flexibility index (Phi) is 7.10. The summed E-state index contributed by atoms with van der Waals surface area (Å²) in [6.07, 6.45) is 0. The first kappa shape index (κ1) is 29.8. The minimum absolute atomic E-state index is 0.594. The molecule has 52 heavy (non-hydrogen) atoms. The number of benzene rings is 8. The average molecular weight is 666 g/mol. The van der Waals surface area contributed by atoms with Gasteiger partial charge in [0.1, 0.15) is 11.2 Å². The zero-order valence-electron chi connectivity index (χ0n) is 28.1. The van der Waals surface area contributed by atoms with Crippen LogP contribution in [0, 0.1) is 0 Å². The van der Waals surface area contributed by atoms with Crippen LogP contribution in [0.15, 0.2) is 192 Å². The Hall–Kier alpha value is -7.04. The molecule has 4 nitrogen and oxygen atoms in total. The molecular weight excluding hydrogens is 635 g/mol. The highest BCUT2D eigenvalue weighted by Crippen LogP contribution is 2.43. The summed E-state index contributed by atoms with van der Waals surface area (Å²) in [4.78, 5) is 12.8. The molecule has 0 atom stereocenters. The first-order valence-electron chi connectivity index (χ1n) is 17.5. The van der Waals surface area contributed by atoms with Crippen molar-refractivity contribution in [2.75, 3.05) is 4.90 Å². The summed E-state index contributed by atoms with van der Waals surface area (Å²) in [5.41, 5.74) is 10.8. The fourth-order valence-corrected chi connectivity index (χ4v) is 7.31. The van der Waals surface area contributed by atoms with Gasteiger partial charge in [-0.1, -0.05) is 133 Å². The Bertz CT molecular complexity index is 2880. The number of hydrogen-bond acceptors (Lipinski definition) is 4. The molecule has 0 fully saturated rings. The molecule has 8 aromatic carbocycles. The number of rotatable bonds is 6. The van der Waals surface area contributed by atoms with Gasteiger partial charge in [0.2, 0.25) is 5.95 Å². The fourth-order valence-electron chi connectivity index (χ4n) is 7.31. The summed E-state index contributed by atoms with van der Waals surface area (Å²) in [6.45, 7) is 0. The highest BCUT2D eigenvalue weighted by atomic mass is 16.3. The third-order valence-corrected chi connectivity index (χ3v) is 9.84. The van der Waals surface area contributed by atoms with Gasteiger partial charge in [-0.25, -0.2) is 9.97 Å². The van der Waals surface area contributed by atoms with Gasteiger partial charge in [-0.3, -0.25) is 4.90 Å². The normalized spacial score (nSPS) is 11.5. The predicted molar refractivity (Wildman–Crippen MR) is 215 cm³/mol. The van der Waals surface area contributed by atoms with Gasteiger partial charge in [0.15, 0.2) is 0 Å². The Morgan fingerprint density at radius 3 is 1.75 bits per heavy atom. The maximum Gasteiger partial charge on any atom is 0.235 e. The molecule has 0 aliphatic heterocycles. The second-order valence-electron chi connectivity index (χ2n) is 13.0. The SMILES string of the molecule is c1ccc(-c2ccc(N(c3ccccc3)c3nc(-c4cc(-c5ccccc5)c5oc6cc7ccccc7cc6c5c4)c4ccccc4n3)cc2)cc1. The number of nitrogens with zero attached hydrogens (tertiary/aromatic N) is 3. The lowest BCUT2D eigenvalue weighted by atomic mass is 9.96. The van der Waals surface area contributed by atoms with Gasteiger partial charge in [0, 0.05) is 38.7 Å². The largest absolute Gasteiger partial charge is 0.455 e. The van der Waals surface area contributed by atoms with E-state index in [2.05, 4.69) is 169 Å². The van der Waals surface area contributed by atoms with Crippen molar-refractivity contribution in [2.45, 2.75) is 0 Å². The maximum absolute atomic E-state index is 6.70. The van der Waals surface area contributed by atoms with Gasteiger partial charge in [-0.05, 0) is 82.1 Å². The van der Waals surface area contributed by atoms with Crippen molar-refractivity contribution in [3.05, 3.63) is 188 Å². The van der Waals surface area contributed by atoms with Crippen LogP contribution in [0.1, 0.15) is 0 Å². The summed E-state index contributed by atoms with van der Waals surface area (Å²) >= 11 is 0. The maximum atomic E-state index is 6.70.